The molecular weight excluding hydrogens is 387 g/mol. The smallest absolute Gasteiger partial charge is 0.376 e. The Kier molecular flexibility index (Phi) is 6.96. The molecule has 1 saturated heterocycles. The molecule has 1 fully saturated rings. The second-order valence-corrected chi connectivity index (χ2v) is 7.91. The molecule has 0 bridgehead atoms. The molecule has 0 saturated carbocycles. The normalized spacial score (nSPS) is 17.9. The van der Waals surface area contributed by atoms with Gasteiger partial charge in [-0.15, -0.1) is 21.5 Å². The minimum Gasteiger partial charge on any atom is -0.376 e. The molecule has 5 nitrogen and oxygen atoms in total. The Hall–Kier alpha value is -1.10. The summed E-state index contributed by atoms with van der Waals surface area (Å²) in [4.78, 5) is 1.04. The van der Waals surface area contributed by atoms with E-state index in [-0.39, 0.29) is 12.7 Å². The third kappa shape index (κ3) is 5.70. The van der Waals surface area contributed by atoms with Crippen molar-refractivity contribution >= 4 is 23.1 Å². The standard InChI is InChI=1S/C16H20F3N3O2S2/c17-16(18,19)11-23-6-3-9-26-15-21-20-14(13-5-2-8-25-13)22(15)10-12-4-1-7-24-12/h2,5,8,12H,1,3-4,6-7,9-11H2. The topological polar surface area (TPSA) is 49.2 Å². The maximum atomic E-state index is 12.1. The van der Waals surface area contributed by atoms with Gasteiger partial charge in [0.2, 0.25) is 0 Å². The molecule has 0 radical (unpaired) electrons. The molecule has 1 unspecified atom stereocenters. The van der Waals surface area contributed by atoms with E-state index in [0.717, 1.165) is 35.3 Å². The van der Waals surface area contributed by atoms with E-state index >= 15 is 0 Å². The summed E-state index contributed by atoms with van der Waals surface area (Å²) in [6.07, 6.45) is -1.54. The zero-order valence-electron chi connectivity index (χ0n) is 14.1. The van der Waals surface area contributed by atoms with E-state index in [1.165, 1.54) is 11.8 Å². The molecule has 1 aliphatic rings. The molecule has 2 aromatic rings. The predicted molar refractivity (Wildman–Crippen MR) is 94.5 cm³/mol. The molecule has 26 heavy (non-hydrogen) atoms. The van der Waals surface area contributed by atoms with Gasteiger partial charge in [-0.05, 0) is 30.7 Å². The van der Waals surface area contributed by atoms with Crippen LogP contribution in [0.4, 0.5) is 13.2 Å². The molecule has 1 atom stereocenters. The van der Waals surface area contributed by atoms with Crippen molar-refractivity contribution in [2.45, 2.75) is 43.2 Å². The van der Waals surface area contributed by atoms with Gasteiger partial charge in [-0.1, -0.05) is 17.8 Å². The molecule has 0 aliphatic carbocycles. The van der Waals surface area contributed by atoms with Gasteiger partial charge in [0.1, 0.15) is 6.61 Å². The van der Waals surface area contributed by atoms with Gasteiger partial charge in [0.05, 0.1) is 17.5 Å². The van der Waals surface area contributed by atoms with Gasteiger partial charge < -0.3 is 9.47 Å². The van der Waals surface area contributed by atoms with E-state index in [9.17, 15) is 13.2 Å². The van der Waals surface area contributed by atoms with Crippen LogP contribution in [0.5, 0.6) is 0 Å². The van der Waals surface area contributed by atoms with Gasteiger partial charge in [0.25, 0.3) is 0 Å². The number of hydrogen-bond acceptors (Lipinski definition) is 6. The number of rotatable bonds is 9. The highest BCUT2D eigenvalue weighted by Crippen LogP contribution is 2.29. The average molecular weight is 407 g/mol. The van der Waals surface area contributed by atoms with Gasteiger partial charge in [-0.25, -0.2) is 0 Å². The van der Waals surface area contributed by atoms with Gasteiger partial charge in [0.15, 0.2) is 11.0 Å². The fourth-order valence-electron chi connectivity index (χ4n) is 2.65. The molecule has 0 spiro atoms. The van der Waals surface area contributed by atoms with Crippen LogP contribution in [0.15, 0.2) is 22.7 Å². The van der Waals surface area contributed by atoms with Gasteiger partial charge >= 0.3 is 6.18 Å². The molecule has 0 aromatic carbocycles. The molecule has 0 amide bonds. The van der Waals surface area contributed by atoms with Crippen LogP contribution in [-0.2, 0) is 16.0 Å². The molecular formula is C16H20F3N3O2S2. The van der Waals surface area contributed by atoms with Gasteiger partial charge in [-0.3, -0.25) is 4.57 Å². The lowest BCUT2D eigenvalue weighted by Gasteiger charge is -2.14. The Morgan fingerprint density at radius 3 is 2.96 bits per heavy atom. The number of alkyl halides is 3. The Morgan fingerprint density at radius 1 is 1.38 bits per heavy atom. The Bertz CT molecular complexity index is 671. The number of thioether (sulfide) groups is 1. The third-order valence-electron chi connectivity index (χ3n) is 3.80. The average Bonchev–Trinajstić information content (AvgIpc) is 3.32. The number of halogens is 3. The summed E-state index contributed by atoms with van der Waals surface area (Å²) in [5.74, 6) is 1.43. The molecule has 144 valence electrons. The quantitative estimate of drug-likeness (QED) is 0.460. The van der Waals surface area contributed by atoms with E-state index in [0.29, 0.717) is 18.7 Å². The van der Waals surface area contributed by atoms with Crippen molar-refractivity contribution in [2.75, 3.05) is 25.6 Å². The molecule has 0 N–H and O–H groups in total. The van der Waals surface area contributed by atoms with Crippen molar-refractivity contribution in [2.24, 2.45) is 0 Å². The lowest BCUT2D eigenvalue weighted by atomic mass is 10.2. The molecule has 3 rings (SSSR count). The minimum atomic E-state index is -4.27. The highest BCUT2D eigenvalue weighted by molar-refractivity contribution is 7.99. The van der Waals surface area contributed by atoms with Crippen molar-refractivity contribution in [1.82, 2.24) is 14.8 Å². The summed E-state index contributed by atoms with van der Waals surface area (Å²) in [6, 6.07) is 3.97. The first-order valence-electron chi connectivity index (χ1n) is 8.39. The minimum absolute atomic E-state index is 0.0736. The van der Waals surface area contributed by atoms with Crippen molar-refractivity contribution in [3.63, 3.8) is 0 Å². The number of nitrogens with zero attached hydrogens (tertiary/aromatic N) is 3. The van der Waals surface area contributed by atoms with E-state index in [4.69, 9.17) is 4.74 Å². The zero-order chi connectivity index (χ0) is 18.4. The number of hydrogen-bond donors (Lipinski definition) is 0. The Balaban J connectivity index is 1.57. The first kappa shape index (κ1) is 19.7. The third-order valence-corrected chi connectivity index (χ3v) is 5.72. The largest absolute Gasteiger partial charge is 0.411 e. The predicted octanol–water partition coefficient (Wildman–Crippen LogP) is 4.25. The molecule has 3 heterocycles. The van der Waals surface area contributed by atoms with Crippen molar-refractivity contribution in [3.05, 3.63) is 17.5 Å². The maximum absolute atomic E-state index is 12.1. The van der Waals surface area contributed by atoms with Gasteiger partial charge in [-0.2, -0.15) is 13.2 Å². The van der Waals surface area contributed by atoms with Crippen LogP contribution < -0.4 is 0 Å². The summed E-state index contributed by atoms with van der Waals surface area (Å²) < 4.78 is 48.6. The van der Waals surface area contributed by atoms with E-state index in [1.807, 2.05) is 17.5 Å². The maximum Gasteiger partial charge on any atom is 0.411 e. The van der Waals surface area contributed by atoms with E-state index in [2.05, 4.69) is 19.5 Å². The Morgan fingerprint density at radius 2 is 2.27 bits per heavy atom. The van der Waals surface area contributed by atoms with Crippen LogP contribution in [0.2, 0.25) is 0 Å². The second-order valence-electron chi connectivity index (χ2n) is 5.90. The number of ether oxygens (including phenoxy) is 2. The lowest BCUT2D eigenvalue weighted by molar-refractivity contribution is -0.173. The zero-order valence-corrected chi connectivity index (χ0v) is 15.7. The van der Waals surface area contributed by atoms with Crippen LogP contribution in [0.3, 0.4) is 0 Å². The van der Waals surface area contributed by atoms with Crippen molar-refractivity contribution < 1.29 is 22.6 Å². The van der Waals surface area contributed by atoms with Crippen LogP contribution in [-0.4, -0.2) is 52.6 Å². The van der Waals surface area contributed by atoms with Gasteiger partial charge in [0, 0.05) is 19.0 Å². The van der Waals surface area contributed by atoms with E-state index in [1.54, 1.807) is 11.3 Å². The van der Waals surface area contributed by atoms with Crippen molar-refractivity contribution in [3.8, 4) is 10.7 Å². The number of aromatic nitrogens is 3. The fourth-order valence-corrected chi connectivity index (χ4v) is 4.23. The highest BCUT2D eigenvalue weighted by atomic mass is 32.2. The van der Waals surface area contributed by atoms with E-state index < -0.39 is 12.8 Å². The first-order valence-corrected chi connectivity index (χ1v) is 10.3. The monoisotopic (exact) mass is 407 g/mol. The highest BCUT2D eigenvalue weighted by Gasteiger charge is 2.27. The van der Waals surface area contributed by atoms with Crippen LogP contribution in [0, 0.1) is 0 Å². The Labute approximate surface area is 157 Å². The summed E-state index contributed by atoms with van der Waals surface area (Å²) >= 11 is 3.08. The van der Waals surface area contributed by atoms with Crippen LogP contribution in [0.1, 0.15) is 19.3 Å². The van der Waals surface area contributed by atoms with Crippen LogP contribution in [0.25, 0.3) is 10.7 Å². The summed E-state index contributed by atoms with van der Waals surface area (Å²) in [5, 5.41) is 11.3. The van der Waals surface area contributed by atoms with Crippen LogP contribution >= 0.6 is 23.1 Å². The lowest BCUT2D eigenvalue weighted by Crippen LogP contribution is -2.17. The molecule has 1 aliphatic heterocycles. The second kappa shape index (κ2) is 9.20. The SMILES string of the molecule is FC(F)(F)COCCCSc1nnc(-c2cccs2)n1CC1CCCO1. The summed E-state index contributed by atoms with van der Waals surface area (Å²) in [6.45, 7) is 0.340. The number of thiophene rings is 1. The first-order chi connectivity index (χ1) is 12.5. The van der Waals surface area contributed by atoms with Crippen molar-refractivity contribution in [1.29, 1.82) is 0 Å². The molecule has 10 heteroatoms. The summed E-state index contributed by atoms with van der Waals surface area (Å²) in [5.41, 5.74) is 0. The molecule has 2 aromatic heterocycles. The summed E-state index contributed by atoms with van der Waals surface area (Å²) in [7, 11) is 0. The fraction of sp³-hybridized carbons (Fsp3) is 0.625.